The predicted octanol–water partition coefficient (Wildman–Crippen LogP) is 2.69. The number of nitrogens with one attached hydrogen (secondary N) is 1. The number of halogens is 1. The molecule has 0 aliphatic carbocycles. The van der Waals surface area contributed by atoms with Crippen LogP contribution in [0, 0.1) is 0 Å². The third-order valence-electron chi connectivity index (χ3n) is 4.58. The molecular formula is C16H15ClN4O3. The Kier molecular flexibility index (Phi) is 3.45. The number of aromatic nitrogens is 3. The number of hydrogen-bond acceptors (Lipinski definition) is 3. The summed E-state index contributed by atoms with van der Waals surface area (Å²) >= 11 is 6.06. The number of carbonyl (C=O) groups is 1. The number of likely N-dealkylation sites (tertiary alicyclic amines) is 1. The van der Waals surface area contributed by atoms with E-state index in [0.29, 0.717) is 42.3 Å². The number of rotatable bonds is 1. The molecule has 0 unspecified atom stereocenters. The topological polar surface area (TPSA) is 90.7 Å². The second-order valence-corrected chi connectivity index (χ2v) is 6.46. The van der Waals surface area contributed by atoms with Crippen LogP contribution >= 0.6 is 11.6 Å². The van der Waals surface area contributed by atoms with Crippen molar-refractivity contribution in [2.45, 2.75) is 18.8 Å². The largest absolute Gasteiger partial charge is 0.465 e. The predicted molar refractivity (Wildman–Crippen MR) is 89.9 cm³/mol. The lowest BCUT2D eigenvalue weighted by molar-refractivity contribution is 0.131. The molecule has 4 rings (SSSR count). The smallest absolute Gasteiger partial charge is 0.407 e. The van der Waals surface area contributed by atoms with E-state index in [1.54, 1.807) is 12.1 Å². The Morgan fingerprint density at radius 1 is 1.29 bits per heavy atom. The molecule has 0 saturated carbocycles. The van der Waals surface area contributed by atoms with Gasteiger partial charge >= 0.3 is 6.09 Å². The van der Waals surface area contributed by atoms with Crippen molar-refractivity contribution in [3.63, 3.8) is 0 Å². The molecule has 0 radical (unpaired) electrons. The number of benzene rings is 1. The fraction of sp³-hybridized carbons (Fsp3) is 0.312. The van der Waals surface area contributed by atoms with Crippen LogP contribution in [-0.2, 0) is 0 Å². The first-order valence-electron chi connectivity index (χ1n) is 7.72. The van der Waals surface area contributed by atoms with Gasteiger partial charge in [0.05, 0.1) is 11.2 Å². The number of nitrogens with zero attached hydrogens (tertiary/aromatic N) is 3. The molecule has 0 atom stereocenters. The standard InChI is InChI=1S/C16H15ClN4O3/c17-10-1-2-12-11(7-10)15-18-13(8-14(22)21(15)19-12)9-3-5-20(6-4-9)16(23)24/h1-2,7-9,19H,3-6H2,(H,23,24). The lowest BCUT2D eigenvalue weighted by Crippen LogP contribution is -2.37. The Balaban J connectivity index is 1.77. The fourth-order valence-electron chi connectivity index (χ4n) is 3.28. The summed E-state index contributed by atoms with van der Waals surface area (Å²) in [4.78, 5) is 29.5. The van der Waals surface area contributed by atoms with Gasteiger partial charge in [0.2, 0.25) is 0 Å². The van der Waals surface area contributed by atoms with E-state index in [2.05, 4.69) is 10.1 Å². The highest BCUT2D eigenvalue weighted by Crippen LogP contribution is 2.28. The highest BCUT2D eigenvalue weighted by atomic mass is 35.5. The van der Waals surface area contributed by atoms with E-state index in [4.69, 9.17) is 16.7 Å². The third-order valence-corrected chi connectivity index (χ3v) is 4.81. The first kappa shape index (κ1) is 15.0. The number of carboxylic acid groups (broad SMARTS) is 1. The van der Waals surface area contributed by atoms with Gasteiger partial charge in [-0.2, -0.15) is 0 Å². The Morgan fingerprint density at radius 2 is 2.04 bits per heavy atom. The zero-order valence-electron chi connectivity index (χ0n) is 12.7. The van der Waals surface area contributed by atoms with Gasteiger partial charge in [0.25, 0.3) is 5.56 Å². The van der Waals surface area contributed by atoms with Crippen molar-refractivity contribution in [2.24, 2.45) is 0 Å². The summed E-state index contributed by atoms with van der Waals surface area (Å²) in [5.74, 6) is 0.0856. The number of piperidine rings is 1. The Morgan fingerprint density at radius 3 is 2.75 bits per heavy atom. The summed E-state index contributed by atoms with van der Waals surface area (Å²) < 4.78 is 1.41. The molecule has 1 aliphatic rings. The number of H-pyrrole nitrogens is 1. The van der Waals surface area contributed by atoms with Gasteiger partial charge in [-0.05, 0) is 31.0 Å². The van der Waals surface area contributed by atoms with Gasteiger partial charge in [0.15, 0.2) is 5.65 Å². The van der Waals surface area contributed by atoms with E-state index >= 15 is 0 Å². The van der Waals surface area contributed by atoms with Crippen molar-refractivity contribution >= 4 is 34.2 Å². The minimum absolute atomic E-state index is 0.0856. The summed E-state index contributed by atoms with van der Waals surface area (Å²) in [5.41, 5.74) is 1.88. The van der Waals surface area contributed by atoms with Crippen LogP contribution in [0.4, 0.5) is 4.79 Å². The Hall–Kier alpha value is -2.54. The summed E-state index contributed by atoms with van der Waals surface area (Å²) in [6.07, 6.45) is 0.430. The van der Waals surface area contributed by atoms with Crippen molar-refractivity contribution in [3.05, 3.63) is 45.3 Å². The monoisotopic (exact) mass is 346 g/mol. The molecule has 1 fully saturated rings. The summed E-state index contributed by atoms with van der Waals surface area (Å²) in [7, 11) is 0. The molecule has 124 valence electrons. The molecule has 8 heteroatoms. The van der Waals surface area contributed by atoms with Crippen LogP contribution in [-0.4, -0.2) is 43.8 Å². The molecule has 1 aliphatic heterocycles. The SMILES string of the molecule is O=C(O)N1CCC(c2cc(=O)n3[nH]c4ccc(Cl)cc4c3n2)CC1. The van der Waals surface area contributed by atoms with E-state index in [1.165, 1.54) is 15.5 Å². The van der Waals surface area contributed by atoms with Crippen molar-refractivity contribution in [2.75, 3.05) is 13.1 Å². The average molecular weight is 347 g/mol. The minimum atomic E-state index is -0.900. The van der Waals surface area contributed by atoms with E-state index < -0.39 is 6.09 Å². The first-order valence-corrected chi connectivity index (χ1v) is 8.09. The minimum Gasteiger partial charge on any atom is -0.465 e. The molecule has 1 saturated heterocycles. The molecule has 1 aromatic carbocycles. The fourth-order valence-corrected chi connectivity index (χ4v) is 3.46. The summed E-state index contributed by atoms with van der Waals surface area (Å²) in [5, 5.41) is 13.4. The van der Waals surface area contributed by atoms with Crippen molar-refractivity contribution < 1.29 is 9.90 Å². The second-order valence-electron chi connectivity index (χ2n) is 6.02. The van der Waals surface area contributed by atoms with E-state index in [1.807, 2.05) is 6.07 Å². The Bertz CT molecular complexity index is 1000. The highest BCUT2D eigenvalue weighted by molar-refractivity contribution is 6.31. The van der Waals surface area contributed by atoms with Crippen LogP contribution in [0.25, 0.3) is 16.6 Å². The van der Waals surface area contributed by atoms with Gasteiger partial charge in [-0.15, -0.1) is 0 Å². The van der Waals surface area contributed by atoms with Crippen molar-refractivity contribution in [1.29, 1.82) is 0 Å². The zero-order chi connectivity index (χ0) is 16.8. The van der Waals surface area contributed by atoms with Crippen LogP contribution in [0.5, 0.6) is 0 Å². The van der Waals surface area contributed by atoms with E-state index in [-0.39, 0.29) is 11.5 Å². The number of hydrogen-bond donors (Lipinski definition) is 2. The number of aromatic amines is 1. The van der Waals surface area contributed by atoms with Crippen LogP contribution in [0.1, 0.15) is 24.5 Å². The van der Waals surface area contributed by atoms with Gasteiger partial charge in [-0.25, -0.2) is 14.3 Å². The number of fused-ring (bicyclic) bond motifs is 3. The lowest BCUT2D eigenvalue weighted by Gasteiger charge is -2.29. The zero-order valence-corrected chi connectivity index (χ0v) is 13.5. The highest BCUT2D eigenvalue weighted by Gasteiger charge is 2.25. The molecule has 1 amide bonds. The van der Waals surface area contributed by atoms with Crippen LogP contribution < -0.4 is 5.56 Å². The van der Waals surface area contributed by atoms with Crippen LogP contribution in [0.3, 0.4) is 0 Å². The van der Waals surface area contributed by atoms with Gasteiger partial charge < -0.3 is 10.0 Å². The molecule has 24 heavy (non-hydrogen) atoms. The lowest BCUT2D eigenvalue weighted by atomic mass is 9.93. The normalized spacial score (nSPS) is 16.1. The second kappa shape index (κ2) is 5.52. The quantitative estimate of drug-likeness (QED) is 0.708. The molecule has 7 nitrogen and oxygen atoms in total. The van der Waals surface area contributed by atoms with E-state index in [0.717, 1.165) is 10.9 Å². The summed E-state index contributed by atoms with van der Waals surface area (Å²) in [6, 6.07) is 6.89. The summed E-state index contributed by atoms with van der Waals surface area (Å²) in [6.45, 7) is 0.918. The average Bonchev–Trinajstić information content (AvgIpc) is 2.93. The molecular weight excluding hydrogens is 332 g/mol. The first-order chi connectivity index (χ1) is 11.5. The van der Waals surface area contributed by atoms with E-state index in [9.17, 15) is 9.59 Å². The molecule has 3 aromatic rings. The van der Waals surface area contributed by atoms with Crippen molar-refractivity contribution in [3.8, 4) is 0 Å². The van der Waals surface area contributed by atoms with Gasteiger partial charge in [0.1, 0.15) is 0 Å². The maximum Gasteiger partial charge on any atom is 0.407 e. The third kappa shape index (κ3) is 2.41. The molecule has 3 heterocycles. The van der Waals surface area contributed by atoms with Crippen LogP contribution in [0.2, 0.25) is 5.02 Å². The molecule has 2 N–H and O–H groups in total. The van der Waals surface area contributed by atoms with Crippen molar-refractivity contribution in [1.82, 2.24) is 19.5 Å². The Labute approximate surface area is 141 Å². The van der Waals surface area contributed by atoms with Crippen LogP contribution in [0.15, 0.2) is 29.1 Å². The van der Waals surface area contributed by atoms with Gasteiger partial charge in [-0.3, -0.25) is 9.89 Å². The van der Waals surface area contributed by atoms with Gasteiger partial charge in [-0.1, -0.05) is 11.6 Å². The maximum atomic E-state index is 12.4. The maximum absolute atomic E-state index is 12.4. The molecule has 0 spiro atoms. The molecule has 2 aromatic heterocycles. The molecule has 0 bridgehead atoms. The number of amides is 1. The van der Waals surface area contributed by atoms with Gasteiger partial charge in [0, 0.05) is 35.5 Å².